The van der Waals surface area contributed by atoms with Crippen LogP contribution in [0.1, 0.15) is 29.5 Å². The highest BCUT2D eigenvalue weighted by Gasteiger charge is 2.34. The van der Waals surface area contributed by atoms with Gasteiger partial charge in [-0.3, -0.25) is 4.68 Å². The van der Waals surface area contributed by atoms with Crippen LogP contribution >= 0.6 is 0 Å². The summed E-state index contributed by atoms with van der Waals surface area (Å²) in [7, 11) is -3.87. The summed E-state index contributed by atoms with van der Waals surface area (Å²) < 4.78 is 54.8. The van der Waals surface area contributed by atoms with E-state index in [2.05, 4.69) is 10.1 Å². The van der Waals surface area contributed by atoms with Gasteiger partial charge in [-0.15, -0.1) is 0 Å². The zero-order valence-corrected chi connectivity index (χ0v) is 18.6. The number of hydrogen-bond donors (Lipinski definition) is 0. The van der Waals surface area contributed by atoms with Gasteiger partial charge in [0.1, 0.15) is 11.6 Å². The maximum atomic E-state index is 14.0. The molecular formula is C21H25FN4O4S. The van der Waals surface area contributed by atoms with Crippen molar-refractivity contribution in [2.75, 3.05) is 19.8 Å². The van der Waals surface area contributed by atoms with Crippen LogP contribution in [0.5, 0.6) is 0 Å². The number of rotatable bonds is 7. The van der Waals surface area contributed by atoms with E-state index in [1.807, 2.05) is 11.6 Å². The van der Waals surface area contributed by atoms with Crippen LogP contribution in [-0.2, 0) is 34.3 Å². The van der Waals surface area contributed by atoms with E-state index in [1.165, 1.54) is 16.4 Å². The molecule has 0 saturated carbocycles. The highest BCUT2D eigenvalue weighted by atomic mass is 32.2. The van der Waals surface area contributed by atoms with Gasteiger partial charge < -0.3 is 9.15 Å². The highest BCUT2D eigenvalue weighted by molar-refractivity contribution is 7.89. The summed E-state index contributed by atoms with van der Waals surface area (Å²) in [6.07, 6.45) is 2.08. The SMILES string of the molecule is CCOCCn1nc(-c2ncc(C)o2)c2c1CCN(S(=O)(=O)c1ccc(C)c(F)c1)C2. The smallest absolute Gasteiger partial charge is 0.247 e. The van der Waals surface area contributed by atoms with Gasteiger partial charge in [0.15, 0.2) is 5.69 Å². The highest BCUT2D eigenvalue weighted by Crippen LogP contribution is 2.32. The third-order valence-electron chi connectivity index (χ3n) is 5.36. The van der Waals surface area contributed by atoms with Crippen LogP contribution in [0.15, 0.2) is 33.7 Å². The van der Waals surface area contributed by atoms with Crippen molar-refractivity contribution >= 4 is 10.0 Å². The summed E-state index contributed by atoms with van der Waals surface area (Å²) in [4.78, 5) is 4.22. The van der Waals surface area contributed by atoms with E-state index in [9.17, 15) is 12.8 Å². The van der Waals surface area contributed by atoms with Crippen LogP contribution in [0.4, 0.5) is 4.39 Å². The number of nitrogens with zero attached hydrogens (tertiary/aromatic N) is 4. The number of ether oxygens (including phenoxy) is 1. The van der Waals surface area contributed by atoms with Crippen molar-refractivity contribution in [2.45, 2.75) is 45.2 Å². The molecule has 0 fully saturated rings. The third kappa shape index (κ3) is 4.15. The molecule has 0 atom stereocenters. The van der Waals surface area contributed by atoms with Crippen molar-refractivity contribution in [2.24, 2.45) is 0 Å². The van der Waals surface area contributed by atoms with Crippen LogP contribution in [0.2, 0.25) is 0 Å². The van der Waals surface area contributed by atoms with Crippen molar-refractivity contribution in [1.29, 1.82) is 0 Å². The first-order chi connectivity index (χ1) is 14.8. The molecule has 3 aromatic rings. The number of sulfonamides is 1. The first-order valence-corrected chi connectivity index (χ1v) is 11.6. The topological polar surface area (TPSA) is 90.5 Å². The summed E-state index contributed by atoms with van der Waals surface area (Å²) in [5, 5.41) is 4.66. The summed E-state index contributed by atoms with van der Waals surface area (Å²) >= 11 is 0. The molecule has 0 N–H and O–H groups in total. The van der Waals surface area contributed by atoms with E-state index in [-0.39, 0.29) is 18.0 Å². The van der Waals surface area contributed by atoms with Gasteiger partial charge >= 0.3 is 0 Å². The van der Waals surface area contributed by atoms with Crippen LogP contribution < -0.4 is 0 Å². The molecule has 31 heavy (non-hydrogen) atoms. The van der Waals surface area contributed by atoms with Crippen molar-refractivity contribution in [3.63, 3.8) is 0 Å². The van der Waals surface area contributed by atoms with Gasteiger partial charge in [0.2, 0.25) is 15.9 Å². The third-order valence-corrected chi connectivity index (χ3v) is 7.20. The standard InChI is InChI=1S/C21H25FN4O4S/c1-4-29-10-9-26-19-7-8-25(31(27,28)16-6-5-14(2)18(22)11-16)13-17(19)20(24-26)21-23-12-15(3)30-21/h5-6,11-12H,4,7-10,13H2,1-3H3. The molecule has 0 spiro atoms. The summed E-state index contributed by atoms with van der Waals surface area (Å²) in [5.74, 6) is 0.450. The minimum atomic E-state index is -3.87. The summed E-state index contributed by atoms with van der Waals surface area (Å²) in [6.45, 7) is 7.35. The molecule has 0 aliphatic carbocycles. The molecular weight excluding hydrogens is 423 g/mol. The van der Waals surface area contributed by atoms with Gasteiger partial charge in [0.05, 0.1) is 24.2 Å². The molecule has 2 aromatic heterocycles. The Morgan fingerprint density at radius 1 is 1.29 bits per heavy atom. The maximum absolute atomic E-state index is 14.0. The van der Waals surface area contributed by atoms with Crippen LogP contribution in [0.3, 0.4) is 0 Å². The van der Waals surface area contributed by atoms with E-state index < -0.39 is 15.8 Å². The monoisotopic (exact) mass is 448 g/mol. The number of aryl methyl sites for hydroxylation is 2. The van der Waals surface area contributed by atoms with Crippen LogP contribution in [0.25, 0.3) is 11.6 Å². The second-order valence-electron chi connectivity index (χ2n) is 7.47. The number of halogens is 1. The Bertz CT molecular complexity index is 1200. The van der Waals surface area contributed by atoms with Gasteiger partial charge in [-0.2, -0.15) is 9.40 Å². The van der Waals surface area contributed by atoms with Crippen molar-refractivity contribution in [1.82, 2.24) is 19.1 Å². The Morgan fingerprint density at radius 2 is 2.10 bits per heavy atom. The molecule has 0 saturated heterocycles. The van der Waals surface area contributed by atoms with Crippen molar-refractivity contribution in [3.8, 4) is 11.6 Å². The fourth-order valence-electron chi connectivity index (χ4n) is 3.67. The van der Waals surface area contributed by atoms with Gasteiger partial charge in [-0.1, -0.05) is 6.07 Å². The second kappa shape index (κ2) is 8.52. The number of aromatic nitrogens is 3. The van der Waals surface area contributed by atoms with Crippen LogP contribution in [-0.4, -0.2) is 47.2 Å². The van der Waals surface area contributed by atoms with E-state index in [0.717, 1.165) is 17.3 Å². The molecule has 0 unspecified atom stereocenters. The minimum Gasteiger partial charge on any atom is -0.440 e. The lowest BCUT2D eigenvalue weighted by Crippen LogP contribution is -2.36. The molecule has 1 aliphatic rings. The molecule has 0 bridgehead atoms. The average molecular weight is 449 g/mol. The number of fused-ring (bicyclic) bond motifs is 1. The van der Waals surface area contributed by atoms with Gasteiger partial charge in [0, 0.05) is 37.4 Å². The molecule has 1 aliphatic heterocycles. The van der Waals surface area contributed by atoms with Gasteiger partial charge in [-0.05, 0) is 38.5 Å². The molecule has 4 rings (SSSR count). The first-order valence-electron chi connectivity index (χ1n) is 10.2. The lowest BCUT2D eigenvalue weighted by atomic mass is 10.1. The van der Waals surface area contributed by atoms with Crippen molar-refractivity contribution < 1.29 is 22.0 Å². The summed E-state index contributed by atoms with van der Waals surface area (Å²) in [6, 6.07) is 3.99. The zero-order chi connectivity index (χ0) is 22.2. The average Bonchev–Trinajstić information content (AvgIpc) is 3.33. The normalized spacial score (nSPS) is 14.7. The van der Waals surface area contributed by atoms with E-state index >= 15 is 0 Å². The Morgan fingerprint density at radius 3 is 2.77 bits per heavy atom. The van der Waals surface area contributed by atoms with Gasteiger partial charge in [-0.25, -0.2) is 17.8 Å². The zero-order valence-electron chi connectivity index (χ0n) is 17.8. The Balaban J connectivity index is 1.70. The van der Waals surface area contributed by atoms with E-state index in [0.29, 0.717) is 49.1 Å². The Labute approximate surface area is 180 Å². The lowest BCUT2D eigenvalue weighted by molar-refractivity contribution is 0.135. The predicted octanol–water partition coefficient (Wildman–Crippen LogP) is 3.08. The fourth-order valence-corrected chi connectivity index (χ4v) is 5.09. The van der Waals surface area contributed by atoms with E-state index in [4.69, 9.17) is 9.15 Å². The molecule has 8 nitrogen and oxygen atoms in total. The predicted molar refractivity (Wildman–Crippen MR) is 111 cm³/mol. The summed E-state index contributed by atoms with van der Waals surface area (Å²) in [5.41, 5.74) is 2.61. The van der Waals surface area contributed by atoms with Crippen LogP contribution in [0, 0.1) is 19.7 Å². The molecule has 166 valence electrons. The van der Waals surface area contributed by atoms with Crippen molar-refractivity contribution in [3.05, 3.63) is 52.8 Å². The quantitative estimate of drug-likeness (QED) is 0.516. The molecule has 10 heteroatoms. The minimum absolute atomic E-state index is 0.0590. The second-order valence-corrected chi connectivity index (χ2v) is 9.41. The maximum Gasteiger partial charge on any atom is 0.247 e. The van der Waals surface area contributed by atoms with E-state index in [1.54, 1.807) is 20.0 Å². The number of hydrogen-bond acceptors (Lipinski definition) is 6. The first kappa shape index (κ1) is 21.7. The Kier molecular flexibility index (Phi) is 5.96. The number of benzene rings is 1. The van der Waals surface area contributed by atoms with Gasteiger partial charge in [0.25, 0.3) is 0 Å². The lowest BCUT2D eigenvalue weighted by Gasteiger charge is -2.27. The Hall–Kier alpha value is -2.56. The molecule has 3 heterocycles. The molecule has 1 aromatic carbocycles. The largest absolute Gasteiger partial charge is 0.440 e. The molecule has 0 amide bonds. The fraction of sp³-hybridized carbons (Fsp3) is 0.429. The molecule has 0 radical (unpaired) electrons. The number of oxazole rings is 1.